The first-order valence-corrected chi connectivity index (χ1v) is 5.31. The van der Waals surface area contributed by atoms with Gasteiger partial charge in [0.05, 0.1) is 12.3 Å². The van der Waals surface area contributed by atoms with E-state index < -0.39 is 0 Å². The minimum Gasteiger partial charge on any atom is -0.461 e. The highest BCUT2D eigenvalue weighted by atomic mass is 16.5. The van der Waals surface area contributed by atoms with Crippen LogP contribution in [0.2, 0.25) is 0 Å². The predicted molar refractivity (Wildman–Crippen MR) is 58.8 cm³/mol. The maximum absolute atomic E-state index is 5.31. The van der Waals surface area contributed by atoms with Crippen molar-refractivity contribution in [1.82, 2.24) is 15.5 Å². The van der Waals surface area contributed by atoms with Crippen LogP contribution in [-0.2, 0) is 0 Å². The monoisotopic (exact) mass is 221 g/mol. The Bertz CT molecular complexity index is 457. The lowest BCUT2D eigenvalue weighted by molar-refractivity contribution is 0.334. The molecule has 5 heteroatoms. The first kappa shape index (κ1) is 10.9. The Morgan fingerprint density at radius 1 is 1.50 bits per heavy atom. The normalized spacial score (nSPS) is 12.9. The predicted octanol–water partition coefficient (Wildman–Crippen LogP) is 2.31. The number of aryl methyl sites for hydroxylation is 1. The van der Waals surface area contributed by atoms with E-state index in [2.05, 4.69) is 22.4 Å². The Morgan fingerprint density at radius 2 is 2.31 bits per heavy atom. The summed E-state index contributed by atoms with van der Waals surface area (Å²) < 4.78 is 10.5. The summed E-state index contributed by atoms with van der Waals surface area (Å²) >= 11 is 0. The van der Waals surface area contributed by atoms with Crippen LogP contribution in [0.5, 0.6) is 0 Å². The van der Waals surface area contributed by atoms with E-state index in [9.17, 15) is 0 Å². The van der Waals surface area contributed by atoms with Crippen LogP contribution < -0.4 is 5.32 Å². The lowest BCUT2D eigenvalue weighted by Crippen LogP contribution is -2.15. The van der Waals surface area contributed by atoms with Crippen LogP contribution >= 0.6 is 0 Å². The van der Waals surface area contributed by atoms with Crippen LogP contribution in [0.3, 0.4) is 0 Å². The highest BCUT2D eigenvalue weighted by molar-refractivity contribution is 5.51. The minimum absolute atomic E-state index is 0.0940. The van der Waals surface area contributed by atoms with Crippen molar-refractivity contribution >= 4 is 0 Å². The average Bonchev–Trinajstić information content (AvgIpc) is 2.89. The molecule has 0 amide bonds. The zero-order valence-corrected chi connectivity index (χ0v) is 9.65. The van der Waals surface area contributed by atoms with E-state index in [0.29, 0.717) is 17.5 Å². The highest BCUT2D eigenvalue weighted by Crippen LogP contribution is 2.23. The number of furan rings is 1. The van der Waals surface area contributed by atoms with E-state index >= 15 is 0 Å². The maximum atomic E-state index is 5.31. The Balaban J connectivity index is 2.29. The molecule has 0 aliphatic carbocycles. The second-order valence-corrected chi connectivity index (χ2v) is 3.64. The molecule has 1 N–H and O–H groups in total. The Labute approximate surface area is 93.8 Å². The van der Waals surface area contributed by atoms with E-state index in [1.807, 2.05) is 20.0 Å². The standard InChI is InChI=1S/C11H15N3O2/c1-4-8(12-3)11-13-10(14-16-11)9-7(2)5-6-15-9/h5-6,8,12H,4H2,1-3H3. The molecule has 0 bridgehead atoms. The van der Waals surface area contributed by atoms with Crippen molar-refractivity contribution in [3.05, 3.63) is 23.8 Å². The lowest BCUT2D eigenvalue weighted by atomic mass is 10.2. The molecule has 0 saturated heterocycles. The summed E-state index contributed by atoms with van der Waals surface area (Å²) in [6.07, 6.45) is 2.52. The number of hydrogen-bond donors (Lipinski definition) is 1. The first-order chi connectivity index (χ1) is 7.76. The van der Waals surface area contributed by atoms with Gasteiger partial charge in [-0.25, -0.2) is 0 Å². The Kier molecular flexibility index (Phi) is 3.05. The van der Waals surface area contributed by atoms with E-state index in [1.54, 1.807) is 6.26 Å². The molecular weight excluding hydrogens is 206 g/mol. The molecule has 2 rings (SSSR count). The van der Waals surface area contributed by atoms with E-state index in [4.69, 9.17) is 8.94 Å². The summed E-state index contributed by atoms with van der Waals surface area (Å²) in [5, 5.41) is 7.03. The quantitative estimate of drug-likeness (QED) is 0.858. The van der Waals surface area contributed by atoms with Crippen LogP contribution in [0.1, 0.15) is 30.8 Å². The molecule has 1 unspecified atom stereocenters. The summed E-state index contributed by atoms with van der Waals surface area (Å²) in [5.41, 5.74) is 1.00. The van der Waals surface area contributed by atoms with Crippen LogP contribution in [0.25, 0.3) is 11.6 Å². The van der Waals surface area contributed by atoms with Crippen LogP contribution in [-0.4, -0.2) is 17.2 Å². The molecule has 86 valence electrons. The smallest absolute Gasteiger partial charge is 0.244 e. The molecule has 5 nitrogen and oxygen atoms in total. The molecule has 16 heavy (non-hydrogen) atoms. The van der Waals surface area contributed by atoms with E-state index in [0.717, 1.165) is 12.0 Å². The third-order valence-corrected chi connectivity index (χ3v) is 2.56. The Hall–Kier alpha value is -1.62. The number of hydrogen-bond acceptors (Lipinski definition) is 5. The topological polar surface area (TPSA) is 64.1 Å². The molecule has 0 saturated carbocycles. The molecule has 0 aromatic carbocycles. The van der Waals surface area contributed by atoms with Gasteiger partial charge in [0, 0.05) is 0 Å². The number of aromatic nitrogens is 2. The van der Waals surface area contributed by atoms with Crippen LogP contribution in [0, 0.1) is 6.92 Å². The molecule has 0 fully saturated rings. The third-order valence-electron chi connectivity index (χ3n) is 2.56. The lowest BCUT2D eigenvalue weighted by Gasteiger charge is -2.06. The van der Waals surface area contributed by atoms with Gasteiger partial charge in [-0.15, -0.1) is 0 Å². The zero-order valence-electron chi connectivity index (χ0n) is 9.65. The maximum Gasteiger partial charge on any atom is 0.244 e. The number of rotatable bonds is 4. The molecular formula is C11H15N3O2. The van der Waals surface area contributed by atoms with Gasteiger partial charge in [-0.1, -0.05) is 12.1 Å². The highest BCUT2D eigenvalue weighted by Gasteiger charge is 2.18. The van der Waals surface area contributed by atoms with E-state index in [1.165, 1.54) is 0 Å². The molecule has 0 radical (unpaired) electrons. The SMILES string of the molecule is CCC(NC)c1nc(-c2occc2C)no1. The summed E-state index contributed by atoms with van der Waals surface area (Å²) in [6.45, 7) is 4.01. The minimum atomic E-state index is 0.0940. The number of nitrogens with zero attached hydrogens (tertiary/aromatic N) is 2. The van der Waals surface area contributed by atoms with Crippen molar-refractivity contribution < 1.29 is 8.94 Å². The van der Waals surface area contributed by atoms with Gasteiger partial charge in [0.1, 0.15) is 0 Å². The van der Waals surface area contributed by atoms with Crippen molar-refractivity contribution in [2.24, 2.45) is 0 Å². The fourth-order valence-electron chi connectivity index (χ4n) is 1.57. The average molecular weight is 221 g/mol. The van der Waals surface area contributed by atoms with Gasteiger partial charge >= 0.3 is 0 Å². The molecule has 2 aromatic heterocycles. The first-order valence-electron chi connectivity index (χ1n) is 5.31. The summed E-state index contributed by atoms with van der Waals surface area (Å²) in [4.78, 5) is 4.32. The van der Waals surface area contributed by atoms with Crippen molar-refractivity contribution in [2.45, 2.75) is 26.3 Å². The van der Waals surface area contributed by atoms with Gasteiger partial charge in [0.2, 0.25) is 11.7 Å². The van der Waals surface area contributed by atoms with Gasteiger partial charge in [0.25, 0.3) is 0 Å². The van der Waals surface area contributed by atoms with Gasteiger partial charge in [-0.3, -0.25) is 0 Å². The van der Waals surface area contributed by atoms with Crippen molar-refractivity contribution in [1.29, 1.82) is 0 Å². The summed E-state index contributed by atoms with van der Waals surface area (Å²) in [5.74, 6) is 1.77. The molecule has 1 atom stereocenters. The molecule has 0 spiro atoms. The molecule has 2 heterocycles. The summed E-state index contributed by atoms with van der Waals surface area (Å²) in [7, 11) is 1.87. The van der Waals surface area contributed by atoms with E-state index in [-0.39, 0.29) is 6.04 Å². The number of nitrogens with one attached hydrogen (secondary N) is 1. The van der Waals surface area contributed by atoms with Gasteiger partial charge in [-0.05, 0) is 32.0 Å². The van der Waals surface area contributed by atoms with Crippen LogP contribution in [0.4, 0.5) is 0 Å². The van der Waals surface area contributed by atoms with Crippen molar-refractivity contribution in [3.8, 4) is 11.6 Å². The second-order valence-electron chi connectivity index (χ2n) is 3.64. The van der Waals surface area contributed by atoms with Crippen LogP contribution in [0.15, 0.2) is 21.3 Å². The summed E-state index contributed by atoms with van der Waals surface area (Å²) in [6, 6.07) is 1.97. The van der Waals surface area contributed by atoms with Gasteiger partial charge in [-0.2, -0.15) is 4.98 Å². The zero-order chi connectivity index (χ0) is 11.5. The molecule has 2 aromatic rings. The third kappa shape index (κ3) is 1.86. The van der Waals surface area contributed by atoms with Gasteiger partial charge < -0.3 is 14.3 Å². The molecule has 0 aliphatic rings. The fourth-order valence-corrected chi connectivity index (χ4v) is 1.57. The largest absolute Gasteiger partial charge is 0.461 e. The van der Waals surface area contributed by atoms with Crippen molar-refractivity contribution in [2.75, 3.05) is 7.05 Å². The van der Waals surface area contributed by atoms with Crippen molar-refractivity contribution in [3.63, 3.8) is 0 Å². The fraction of sp³-hybridized carbons (Fsp3) is 0.455. The van der Waals surface area contributed by atoms with Gasteiger partial charge in [0.15, 0.2) is 5.76 Å². The molecule has 0 aliphatic heterocycles. The second kappa shape index (κ2) is 4.49. The Morgan fingerprint density at radius 3 is 2.88 bits per heavy atom.